The van der Waals surface area contributed by atoms with E-state index >= 15 is 0 Å². The molecule has 3 aromatic carbocycles. The minimum atomic E-state index is -1.42. The highest BCUT2D eigenvalue weighted by atomic mass is 35.5. The number of nitrogens with one attached hydrogen (secondary N) is 1. The second-order valence-electron chi connectivity index (χ2n) is 10.0. The molecule has 1 fully saturated rings. The van der Waals surface area contributed by atoms with Crippen molar-refractivity contribution in [2.45, 2.75) is 49.9 Å². The number of amides is 1. The fourth-order valence-electron chi connectivity index (χ4n) is 4.79. The third-order valence-electron chi connectivity index (χ3n) is 7.07. The Morgan fingerprint density at radius 3 is 2.59 bits per heavy atom. The minimum absolute atomic E-state index is 0.0500. The van der Waals surface area contributed by atoms with E-state index in [0.717, 1.165) is 24.0 Å². The number of hydrogen-bond acceptors (Lipinski definition) is 6. The lowest BCUT2D eigenvalue weighted by atomic mass is 9.80. The number of carbonyl (C=O) groups is 1. The fraction of sp³-hybridized carbons (Fsp3) is 0.333. The molecule has 212 valence electrons. The minimum Gasteiger partial charge on any atom is -0.494 e. The van der Waals surface area contributed by atoms with Crippen molar-refractivity contribution in [3.63, 3.8) is 0 Å². The number of halogens is 2. The zero-order chi connectivity index (χ0) is 28.8. The summed E-state index contributed by atoms with van der Waals surface area (Å²) in [7, 11) is 0. The summed E-state index contributed by atoms with van der Waals surface area (Å²) < 4.78 is 12.2. The van der Waals surface area contributed by atoms with E-state index in [1.807, 2.05) is 36.4 Å². The number of nitrogens with zero attached hydrogens (tertiary/aromatic N) is 4. The number of aliphatic hydroxyl groups excluding tert-OH is 1. The van der Waals surface area contributed by atoms with Gasteiger partial charge in [-0.15, -0.1) is 0 Å². The molecule has 5 rings (SSSR count). The van der Waals surface area contributed by atoms with Crippen LogP contribution in [-0.4, -0.2) is 41.7 Å². The molecular weight excluding hydrogens is 565 g/mol. The Morgan fingerprint density at radius 1 is 1.15 bits per heavy atom. The largest absolute Gasteiger partial charge is 0.494 e. The Hall–Kier alpha value is -3.75. The van der Waals surface area contributed by atoms with Gasteiger partial charge < -0.3 is 19.9 Å². The molecule has 1 saturated carbocycles. The van der Waals surface area contributed by atoms with Crippen LogP contribution in [0, 0.1) is 0 Å². The molecule has 0 radical (unpaired) electrons. The summed E-state index contributed by atoms with van der Waals surface area (Å²) in [4.78, 5) is 22.1. The second kappa shape index (κ2) is 12.8. The Balaban J connectivity index is 1.60. The number of aliphatic hydroxyl groups is 1. The van der Waals surface area contributed by atoms with Crippen LogP contribution in [0.15, 0.2) is 76.8 Å². The van der Waals surface area contributed by atoms with E-state index in [2.05, 4.69) is 15.3 Å². The highest BCUT2D eigenvalue weighted by molar-refractivity contribution is 6.35. The van der Waals surface area contributed by atoms with Crippen LogP contribution in [0.25, 0.3) is 10.4 Å². The first-order valence-corrected chi connectivity index (χ1v) is 14.1. The molecule has 2 N–H and O–H groups in total. The normalized spacial score (nSPS) is 19.6. The van der Waals surface area contributed by atoms with Gasteiger partial charge in [-0.05, 0) is 65.9 Å². The van der Waals surface area contributed by atoms with Crippen LogP contribution in [-0.2, 0) is 22.5 Å². The SMILES string of the molecule is [N-]=[N+]=NCc1ccccc1C[C@@]1(C(=O)NC2CC2)N=C(c2ccc(OCCCO)cc2)O[C@@H]1c1ccc(Cl)cc1Cl. The smallest absolute Gasteiger partial charge is 0.252 e. The monoisotopic (exact) mass is 593 g/mol. The summed E-state index contributed by atoms with van der Waals surface area (Å²) in [5, 5.41) is 16.7. The summed E-state index contributed by atoms with van der Waals surface area (Å²) >= 11 is 12.9. The van der Waals surface area contributed by atoms with E-state index in [4.69, 9.17) is 48.3 Å². The number of ether oxygens (including phenoxy) is 2. The average molecular weight is 594 g/mol. The van der Waals surface area contributed by atoms with E-state index in [9.17, 15) is 4.79 Å². The molecule has 0 saturated heterocycles. The van der Waals surface area contributed by atoms with Crippen LogP contribution >= 0.6 is 23.2 Å². The van der Waals surface area contributed by atoms with Crippen LogP contribution in [0.2, 0.25) is 10.0 Å². The Labute approximate surface area is 247 Å². The van der Waals surface area contributed by atoms with E-state index in [1.165, 1.54) is 0 Å². The maximum atomic E-state index is 14.2. The molecule has 1 heterocycles. The van der Waals surface area contributed by atoms with E-state index < -0.39 is 11.6 Å². The lowest BCUT2D eigenvalue weighted by Crippen LogP contribution is -2.50. The molecule has 0 spiro atoms. The van der Waals surface area contributed by atoms with Crippen molar-refractivity contribution in [3.05, 3.63) is 109 Å². The molecule has 41 heavy (non-hydrogen) atoms. The predicted octanol–water partition coefficient (Wildman–Crippen LogP) is 6.34. The Bertz CT molecular complexity index is 1490. The molecule has 0 unspecified atom stereocenters. The maximum Gasteiger partial charge on any atom is 0.252 e. The van der Waals surface area contributed by atoms with Crippen molar-refractivity contribution in [2.75, 3.05) is 13.2 Å². The van der Waals surface area contributed by atoms with Crippen molar-refractivity contribution < 1.29 is 19.4 Å². The van der Waals surface area contributed by atoms with Crippen molar-refractivity contribution >= 4 is 35.0 Å². The summed E-state index contributed by atoms with van der Waals surface area (Å²) in [5.41, 5.74) is 10.4. The summed E-state index contributed by atoms with van der Waals surface area (Å²) in [5.74, 6) is 0.665. The predicted molar refractivity (Wildman–Crippen MR) is 157 cm³/mol. The van der Waals surface area contributed by atoms with Crippen molar-refractivity contribution in [2.24, 2.45) is 10.1 Å². The first-order valence-electron chi connectivity index (χ1n) is 13.4. The van der Waals surface area contributed by atoms with Crippen LogP contribution < -0.4 is 10.1 Å². The van der Waals surface area contributed by atoms with Gasteiger partial charge in [-0.2, -0.15) is 0 Å². The second-order valence-corrected chi connectivity index (χ2v) is 10.9. The van der Waals surface area contributed by atoms with E-state index in [1.54, 1.807) is 30.3 Å². The number of rotatable bonds is 12. The highest BCUT2D eigenvalue weighted by Crippen LogP contribution is 2.45. The van der Waals surface area contributed by atoms with Gasteiger partial charge in [0.1, 0.15) is 5.75 Å². The van der Waals surface area contributed by atoms with Crippen LogP contribution in [0.5, 0.6) is 5.75 Å². The van der Waals surface area contributed by atoms with Crippen LogP contribution in [0.3, 0.4) is 0 Å². The zero-order valence-corrected chi connectivity index (χ0v) is 23.7. The summed E-state index contributed by atoms with van der Waals surface area (Å²) in [6, 6.07) is 19.9. The van der Waals surface area contributed by atoms with Gasteiger partial charge in [0.2, 0.25) is 5.90 Å². The van der Waals surface area contributed by atoms with Gasteiger partial charge in [0.15, 0.2) is 11.6 Å². The lowest BCUT2D eigenvalue weighted by Gasteiger charge is -2.32. The van der Waals surface area contributed by atoms with Gasteiger partial charge in [-0.25, -0.2) is 4.99 Å². The molecule has 0 bridgehead atoms. The topological polar surface area (TPSA) is 129 Å². The van der Waals surface area contributed by atoms with Gasteiger partial charge in [-0.3, -0.25) is 4.79 Å². The standard InChI is InChI=1S/C30H29Cl2N5O4/c31-22-8-13-25(26(32)16-22)27-30(29(39)35-23-9-10-23,17-20-4-1-2-5-21(20)18-34-37-33)36-28(41-27)19-6-11-24(12-7-19)40-15-3-14-38/h1-2,4-8,11-13,16,23,27,38H,3,9-10,14-15,17-18H2,(H,35,39)/t27-,30-/m1/s1. The highest BCUT2D eigenvalue weighted by Gasteiger charge is 2.54. The third-order valence-corrected chi connectivity index (χ3v) is 7.63. The quantitative estimate of drug-likeness (QED) is 0.110. The molecule has 9 nitrogen and oxygen atoms in total. The van der Waals surface area contributed by atoms with Gasteiger partial charge >= 0.3 is 0 Å². The van der Waals surface area contributed by atoms with Crippen LogP contribution in [0.1, 0.15) is 47.6 Å². The number of hydrogen-bond donors (Lipinski definition) is 2. The molecule has 1 amide bonds. The molecule has 2 atom stereocenters. The number of aliphatic imine (C=N–C) groups is 1. The van der Waals surface area contributed by atoms with Crippen molar-refractivity contribution in [3.8, 4) is 5.75 Å². The first-order chi connectivity index (χ1) is 19.9. The number of benzene rings is 3. The molecule has 3 aromatic rings. The van der Waals surface area contributed by atoms with Gasteiger partial charge in [0.25, 0.3) is 5.91 Å². The van der Waals surface area contributed by atoms with Crippen LogP contribution in [0.4, 0.5) is 0 Å². The van der Waals surface area contributed by atoms with Gasteiger partial charge in [0.05, 0.1) is 13.2 Å². The van der Waals surface area contributed by atoms with E-state index in [0.29, 0.717) is 45.8 Å². The molecular formula is C30H29Cl2N5O4. The van der Waals surface area contributed by atoms with Crippen molar-refractivity contribution in [1.82, 2.24) is 5.32 Å². The van der Waals surface area contributed by atoms with Gasteiger partial charge in [-0.1, -0.05) is 58.6 Å². The molecule has 1 aliphatic carbocycles. The van der Waals surface area contributed by atoms with E-state index in [-0.39, 0.29) is 31.5 Å². The summed E-state index contributed by atoms with van der Waals surface area (Å²) in [6.07, 6.45) is 1.64. The molecule has 2 aliphatic rings. The number of carbonyl (C=O) groups excluding carboxylic acids is 1. The Kier molecular flexibility index (Phi) is 9.00. The molecule has 11 heteroatoms. The maximum absolute atomic E-state index is 14.2. The molecule has 0 aromatic heterocycles. The van der Waals surface area contributed by atoms with Gasteiger partial charge in [0, 0.05) is 51.6 Å². The lowest BCUT2D eigenvalue weighted by molar-refractivity contribution is -0.129. The van der Waals surface area contributed by atoms with Crippen molar-refractivity contribution in [1.29, 1.82) is 0 Å². The number of azide groups is 1. The third kappa shape index (κ3) is 6.60. The molecule has 1 aliphatic heterocycles. The fourth-order valence-corrected chi connectivity index (χ4v) is 5.30. The first kappa shape index (κ1) is 28.8. The summed E-state index contributed by atoms with van der Waals surface area (Å²) in [6.45, 7) is 0.576. The average Bonchev–Trinajstić information content (AvgIpc) is 3.71. The Morgan fingerprint density at radius 2 is 1.90 bits per heavy atom. The zero-order valence-electron chi connectivity index (χ0n) is 22.2.